The number of ether oxygens (including phenoxy) is 1. The van der Waals surface area contributed by atoms with Gasteiger partial charge in [0, 0.05) is 22.8 Å². The number of rotatable bonds is 8. The Balaban J connectivity index is 1.72. The molecule has 0 saturated carbocycles. The van der Waals surface area contributed by atoms with Gasteiger partial charge >= 0.3 is 0 Å². The Kier molecular flexibility index (Phi) is 6.66. The first kappa shape index (κ1) is 19.1. The van der Waals surface area contributed by atoms with Gasteiger partial charge in [0.05, 0.1) is 12.9 Å². The second-order valence-electron chi connectivity index (χ2n) is 5.41. The Labute approximate surface area is 152 Å². The summed E-state index contributed by atoms with van der Waals surface area (Å²) in [5.74, 6) is 0.572. The molecule has 134 valence electrons. The van der Waals surface area contributed by atoms with Crippen molar-refractivity contribution < 1.29 is 17.9 Å². The second-order valence-corrected chi connectivity index (χ2v) is 7.59. The number of hydrogen-bond donors (Lipinski definition) is 2. The van der Waals surface area contributed by atoms with E-state index in [-0.39, 0.29) is 5.91 Å². The largest absolute Gasteiger partial charge is 0.494 e. The molecule has 0 aromatic heterocycles. The van der Waals surface area contributed by atoms with Crippen LogP contribution in [0.5, 0.6) is 5.75 Å². The summed E-state index contributed by atoms with van der Waals surface area (Å²) in [6, 6.07) is 13.5. The highest BCUT2D eigenvalue weighted by atomic mass is 35.5. The van der Waals surface area contributed by atoms with Crippen LogP contribution in [0.2, 0.25) is 5.02 Å². The van der Waals surface area contributed by atoms with Crippen molar-refractivity contribution in [2.75, 3.05) is 22.9 Å². The number of benzene rings is 2. The van der Waals surface area contributed by atoms with Crippen molar-refractivity contribution in [2.45, 2.75) is 12.8 Å². The van der Waals surface area contributed by atoms with Crippen LogP contribution in [0.15, 0.2) is 48.5 Å². The van der Waals surface area contributed by atoms with Crippen LogP contribution in [0.4, 0.5) is 11.4 Å². The Morgan fingerprint density at radius 2 is 1.64 bits per heavy atom. The normalized spacial score (nSPS) is 11.0. The zero-order valence-corrected chi connectivity index (χ0v) is 15.2. The minimum Gasteiger partial charge on any atom is -0.494 e. The number of nitrogens with one attached hydrogen (secondary N) is 2. The number of amides is 1. The lowest BCUT2D eigenvalue weighted by Crippen LogP contribution is -2.13. The van der Waals surface area contributed by atoms with Crippen molar-refractivity contribution in [3.63, 3.8) is 0 Å². The molecule has 2 N–H and O–H groups in total. The van der Waals surface area contributed by atoms with Crippen molar-refractivity contribution in [3.05, 3.63) is 53.6 Å². The highest BCUT2D eigenvalue weighted by Crippen LogP contribution is 2.16. The van der Waals surface area contributed by atoms with E-state index in [0.717, 1.165) is 6.26 Å². The molecule has 0 saturated heterocycles. The van der Waals surface area contributed by atoms with Gasteiger partial charge in [-0.1, -0.05) is 11.6 Å². The molecule has 0 aliphatic heterocycles. The van der Waals surface area contributed by atoms with Crippen LogP contribution in [-0.2, 0) is 14.8 Å². The maximum Gasteiger partial charge on any atom is 0.229 e. The standard InChI is InChI=1S/C17H19ClN2O4S/c1-25(22,23)20-15-8-6-14(7-9-15)19-17(21)3-2-12-24-16-10-4-13(18)5-11-16/h4-11,20H,2-3,12H2,1H3,(H,19,21). The molecule has 0 heterocycles. The lowest BCUT2D eigenvalue weighted by Gasteiger charge is -2.08. The van der Waals surface area contributed by atoms with Gasteiger partial charge in [0.1, 0.15) is 5.75 Å². The van der Waals surface area contributed by atoms with E-state index in [1.165, 1.54) is 0 Å². The molecule has 0 radical (unpaired) electrons. The van der Waals surface area contributed by atoms with Gasteiger partial charge in [-0.3, -0.25) is 9.52 Å². The SMILES string of the molecule is CS(=O)(=O)Nc1ccc(NC(=O)CCCOc2ccc(Cl)cc2)cc1. The number of anilines is 2. The quantitative estimate of drug-likeness (QED) is 0.684. The van der Waals surface area contributed by atoms with Crippen molar-refractivity contribution in [1.82, 2.24) is 0 Å². The average molecular weight is 383 g/mol. The van der Waals surface area contributed by atoms with E-state index in [9.17, 15) is 13.2 Å². The van der Waals surface area contributed by atoms with Gasteiger partial charge < -0.3 is 10.1 Å². The fourth-order valence-electron chi connectivity index (χ4n) is 2.01. The third-order valence-corrected chi connectivity index (χ3v) is 3.96. The average Bonchev–Trinajstić information content (AvgIpc) is 2.54. The van der Waals surface area contributed by atoms with E-state index < -0.39 is 10.0 Å². The van der Waals surface area contributed by atoms with Crippen LogP contribution in [0, 0.1) is 0 Å². The van der Waals surface area contributed by atoms with E-state index in [4.69, 9.17) is 16.3 Å². The summed E-state index contributed by atoms with van der Waals surface area (Å²) in [5.41, 5.74) is 1.04. The number of hydrogen-bond acceptors (Lipinski definition) is 4. The van der Waals surface area contributed by atoms with E-state index in [1.807, 2.05) is 0 Å². The molecule has 25 heavy (non-hydrogen) atoms. The summed E-state index contributed by atoms with van der Waals surface area (Å²) in [6.45, 7) is 0.423. The Bertz CT molecular complexity index is 806. The first-order chi connectivity index (χ1) is 11.8. The molecule has 0 aliphatic carbocycles. The Morgan fingerprint density at radius 3 is 2.24 bits per heavy atom. The van der Waals surface area contributed by atoms with Gasteiger partial charge in [0.15, 0.2) is 0 Å². The topological polar surface area (TPSA) is 84.5 Å². The predicted octanol–water partition coefficient (Wildman–Crippen LogP) is 3.51. The number of halogens is 1. The summed E-state index contributed by atoms with van der Waals surface area (Å²) >= 11 is 5.79. The molecule has 0 atom stereocenters. The zero-order valence-electron chi connectivity index (χ0n) is 13.7. The van der Waals surface area contributed by atoms with E-state index in [0.29, 0.717) is 41.6 Å². The molecule has 2 rings (SSSR count). The molecule has 0 aliphatic rings. The van der Waals surface area contributed by atoms with Crippen LogP contribution in [0.25, 0.3) is 0 Å². The van der Waals surface area contributed by atoms with Crippen LogP contribution in [0.1, 0.15) is 12.8 Å². The summed E-state index contributed by atoms with van der Waals surface area (Å²) < 4.78 is 30.1. The highest BCUT2D eigenvalue weighted by molar-refractivity contribution is 7.92. The number of carbonyl (C=O) groups excluding carboxylic acids is 1. The molecular formula is C17H19ClN2O4S. The third kappa shape index (κ3) is 7.45. The highest BCUT2D eigenvalue weighted by Gasteiger charge is 2.05. The molecule has 0 bridgehead atoms. The molecule has 8 heteroatoms. The number of sulfonamides is 1. The fraction of sp³-hybridized carbons (Fsp3) is 0.235. The smallest absolute Gasteiger partial charge is 0.229 e. The molecule has 0 unspecified atom stereocenters. The third-order valence-electron chi connectivity index (χ3n) is 3.10. The Morgan fingerprint density at radius 1 is 1.04 bits per heavy atom. The van der Waals surface area contributed by atoms with Crippen molar-refractivity contribution >= 4 is 38.9 Å². The summed E-state index contributed by atoms with van der Waals surface area (Å²) in [6.07, 6.45) is 1.97. The monoisotopic (exact) mass is 382 g/mol. The molecule has 2 aromatic rings. The molecule has 2 aromatic carbocycles. The zero-order chi connectivity index (χ0) is 18.3. The van der Waals surface area contributed by atoms with Crippen molar-refractivity contribution in [1.29, 1.82) is 0 Å². The van der Waals surface area contributed by atoms with E-state index in [2.05, 4.69) is 10.0 Å². The minimum atomic E-state index is -3.31. The van der Waals surface area contributed by atoms with Crippen molar-refractivity contribution in [3.8, 4) is 5.75 Å². The molecule has 0 fully saturated rings. The van der Waals surface area contributed by atoms with Crippen LogP contribution < -0.4 is 14.8 Å². The molecular weight excluding hydrogens is 364 g/mol. The number of carbonyl (C=O) groups is 1. The van der Waals surface area contributed by atoms with E-state index in [1.54, 1.807) is 48.5 Å². The molecule has 6 nitrogen and oxygen atoms in total. The van der Waals surface area contributed by atoms with Gasteiger partial charge in [-0.05, 0) is 55.0 Å². The Hall–Kier alpha value is -2.25. The maximum absolute atomic E-state index is 11.9. The second kappa shape index (κ2) is 8.73. The summed E-state index contributed by atoms with van der Waals surface area (Å²) in [4.78, 5) is 11.9. The first-order valence-corrected chi connectivity index (χ1v) is 9.85. The van der Waals surface area contributed by atoms with E-state index >= 15 is 0 Å². The van der Waals surface area contributed by atoms with Crippen LogP contribution in [-0.4, -0.2) is 27.2 Å². The fourth-order valence-corrected chi connectivity index (χ4v) is 2.70. The lowest BCUT2D eigenvalue weighted by molar-refractivity contribution is -0.116. The maximum atomic E-state index is 11.9. The van der Waals surface area contributed by atoms with Gasteiger partial charge in [-0.25, -0.2) is 8.42 Å². The van der Waals surface area contributed by atoms with Crippen LogP contribution >= 0.6 is 11.6 Å². The van der Waals surface area contributed by atoms with Gasteiger partial charge in [-0.15, -0.1) is 0 Å². The minimum absolute atomic E-state index is 0.136. The lowest BCUT2D eigenvalue weighted by atomic mass is 10.2. The van der Waals surface area contributed by atoms with Gasteiger partial charge in [0.2, 0.25) is 15.9 Å². The summed E-state index contributed by atoms with van der Waals surface area (Å²) in [5, 5.41) is 3.39. The molecule has 0 spiro atoms. The van der Waals surface area contributed by atoms with Gasteiger partial charge in [-0.2, -0.15) is 0 Å². The summed E-state index contributed by atoms with van der Waals surface area (Å²) in [7, 11) is -3.31. The first-order valence-electron chi connectivity index (χ1n) is 7.58. The van der Waals surface area contributed by atoms with Crippen LogP contribution in [0.3, 0.4) is 0 Å². The molecule has 1 amide bonds. The predicted molar refractivity (Wildman–Crippen MR) is 99.7 cm³/mol. The van der Waals surface area contributed by atoms with Gasteiger partial charge in [0.25, 0.3) is 0 Å². The van der Waals surface area contributed by atoms with Crippen molar-refractivity contribution in [2.24, 2.45) is 0 Å².